The molecule has 0 radical (unpaired) electrons. The van der Waals surface area contributed by atoms with Crippen molar-refractivity contribution in [3.63, 3.8) is 0 Å². The van der Waals surface area contributed by atoms with Crippen molar-refractivity contribution in [2.45, 2.75) is 6.92 Å². The molecule has 4 aromatic rings. The molecule has 2 aromatic carbocycles. The summed E-state index contributed by atoms with van der Waals surface area (Å²) in [7, 11) is 0. The minimum atomic E-state index is -0.483. The highest BCUT2D eigenvalue weighted by molar-refractivity contribution is 5.99. The highest BCUT2D eigenvalue weighted by Gasteiger charge is 2.08. The molecule has 0 saturated carbocycles. The van der Waals surface area contributed by atoms with Crippen LogP contribution in [-0.4, -0.2) is 25.7 Å². The molecule has 0 aliphatic heterocycles. The van der Waals surface area contributed by atoms with Crippen LogP contribution < -0.4 is 16.4 Å². The van der Waals surface area contributed by atoms with Crippen LogP contribution in [0.25, 0.3) is 5.69 Å². The van der Waals surface area contributed by atoms with Crippen molar-refractivity contribution >= 4 is 28.8 Å². The fraction of sp³-hybridized carbons (Fsp3) is 0.0476. The summed E-state index contributed by atoms with van der Waals surface area (Å²) in [6.45, 7) is 1.85. The molecule has 4 N–H and O–H groups in total. The van der Waals surface area contributed by atoms with E-state index in [9.17, 15) is 4.79 Å². The average Bonchev–Trinajstić information content (AvgIpc) is 3.15. The number of rotatable bonds is 6. The van der Waals surface area contributed by atoms with Gasteiger partial charge in [0.15, 0.2) is 0 Å². The average molecular weight is 385 g/mol. The molecule has 0 saturated heterocycles. The van der Waals surface area contributed by atoms with Gasteiger partial charge < -0.3 is 16.4 Å². The van der Waals surface area contributed by atoms with Gasteiger partial charge in [-0.2, -0.15) is 5.10 Å². The summed E-state index contributed by atoms with van der Waals surface area (Å²) in [6.07, 6.45) is 3.36. The second kappa shape index (κ2) is 7.81. The quantitative estimate of drug-likeness (QED) is 0.468. The monoisotopic (exact) mass is 385 g/mol. The molecule has 0 aliphatic rings. The number of nitrogens with one attached hydrogen (secondary N) is 2. The van der Waals surface area contributed by atoms with E-state index in [0.717, 1.165) is 22.9 Å². The Bertz CT molecular complexity index is 1150. The number of carbonyl (C=O) groups excluding carboxylic acids is 1. The van der Waals surface area contributed by atoms with Crippen molar-refractivity contribution in [1.82, 2.24) is 19.7 Å². The van der Waals surface area contributed by atoms with E-state index in [1.807, 2.05) is 49.4 Å². The van der Waals surface area contributed by atoms with Gasteiger partial charge in [-0.3, -0.25) is 4.79 Å². The number of carbonyl (C=O) groups is 1. The number of pyridine rings is 1. The largest absolute Gasteiger partial charge is 0.366 e. The number of para-hydroxylation sites is 1. The number of nitrogens with zero attached hydrogens (tertiary/aromatic N) is 4. The van der Waals surface area contributed by atoms with Crippen LogP contribution in [0.4, 0.5) is 22.9 Å². The fourth-order valence-electron chi connectivity index (χ4n) is 2.85. The lowest BCUT2D eigenvalue weighted by Crippen LogP contribution is -2.13. The van der Waals surface area contributed by atoms with Crippen LogP contribution in [0.3, 0.4) is 0 Å². The van der Waals surface area contributed by atoms with Crippen LogP contribution in [0, 0.1) is 6.92 Å². The minimum absolute atomic E-state index is 0.428. The third-order valence-electron chi connectivity index (χ3n) is 4.24. The highest BCUT2D eigenvalue weighted by Crippen LogP contribution is 2.23. The van der Waals surface area contributed by atoms with Gasteiger partial charge in [-0.1, -0.05) is 12.1 Å². The number of primary amides is 1. The van der Waals surface area contributed by atoms with Crippen molar-refractivity contribution in [1.29, 1.82) is 0 Å². The minimum Gasteiger partial charge on any atom is -0.366 e. The topological polar surface area (TPSA) is 111 Å². The maximum atomic E-state index is 11.6. The first kappa shape index (κ1) is 18.2. The molecular formula is C21H19N7O. The Morgan fingerprint density at radius 3 is 2.48 bits per heavy atom. The normalized spacial score (nSPS) is 10.5. The smallest absolute Gasteiger partial charge is 0.250 e. The first-order chi connectivity index (χ1) is 14.1. The number of aryl methyl sites for hydroxylation is 1. The van der Waals surface area contributed by atoms with Crippen LogP contribution in [0.1, 0.15) is 16.2 Å². The zero-order valence-corrected chi connectivity index (χ0v) is 15.7. The maximum absolute atomic E-state index is 11.6. The van der Waals surface area contributed by atoms with Gasteiger partial charge >= 0.3 is 0 Å². The maximum Gasteiger partial charge on any atom is 0.250 e. The summed E-state index contributed by atoms with van der Waals surface area (Å²) in [5.74, 6) is 0.901. The van der Waals surface area contributed by atoms with Crippen LogP contribution >= 0.6 is 0 Å². The molecule has 29 heavy (non-hydrogen) atoms. The van der Waals surface area contributed by atoms with Gasteiger partial charge in [-0.25, -0.2) is 14.6 Å². The van der Waals surface area contributed by atoms with Crippen molar-refractivity contribution in [2.24, 2.45) is 5.73 Å². The lowest BCUT2D eigenvalue weighted by molar-refractivity contribution is 0.100. The third-order valence-corrected chi connectivity index (χ3v) is 4.24. The van der Waals surface area contributed by atoms with Crippen molar-refractivity contribution in [2.75, 3.05) is 10.6 Å². The van der Waals surface area contributed by atoms with Gasteiger partial charge in [0.1, 0.15) is 18.0 Å². The van der Waals surface area contributed by atoms with E-state index in [-0.39, 0.29) is 0 Å². The molecule has 0 aliphatic carbocycles. The van der Waals surface area contributed by atoms with Crippen molar-refractivity contribution < 1.29 is 4.79 Å². The predicted octanol–water partition coefficient (Wildman–Crippen LogP) is 3.56. The van der Waals surface area contributed by atoms with Crippen LogP contribution in [-0.2, 0) is 0 Å². The van der Waals surface area contributed by atoms with Crippen molar-refractivity contribution in [3.05, 3.63) is 84.6 Å². The number of nitrogens with two attached hydrogens (primary N) is 1. The van der Waals surface area contributed by atoms with Crippen molar-refractivity contribution in [3.8, 4) is 5.69 Å². The van der Waals surface area contributed by atoms with E-state index in [4.69, 9.17) is 5.73 Å². The molecule has 8 heteroatoms. The van der Waals surface area contributed by atoms with Crippen LogP contribution in [0.15, 0.2) is 73.2 Å². The molecule has 4 rings (SSSR count). The number of amides is 1. The lowest BCUT2D eigenvalue weighted by atomic mass is 10.1. The first-order valence-corrected chi connectivity index (χ1v) is 8.96. The van der Waals surface area contributed by atoms with E-state index >= 15 is 0 Å². The standard InChI is InChI=1S/C21H19N7O/c1-14-24-13-28(27-14)17-8-6-15(7-9-17)26-20-12-16(10-11-23-20)25-19-5-3-2-4-18(19)21(22)29/h2-13H,1H3,(H2,22,29)(H2,23,25,26). The SMILES string of the molecule is Cc1ncn(-c2ccc(Nc3cc(Nc4ccccc4C(N)=O)ccn3)cc2)n1. The number of hydrogen-bond donors (Lipinski definition) is 3. The molecule has 2 heterocycles. The Balaban J connectivity index is 1.50. The zero-order chi connectivity index (χ0) is 20.2. The molecule has 0 unspecified atom stereocenters. The van der Waals surface area contributed by atoms with Gasteiger partial charge in [0, 0.05) is 23.6 Å². The fourth-order valence-corrected chi connectivity index (χ4v) is 2.85. The molecule has 1 amide bonds. The van der Waals surface area contributed by atoms with E-state index in [0.29, 0.717) is 17.1 Å². The Kier molecular flexibility index (Phi) is 4.90. The first-order valence-electron chi connectivity index (χ1n) is 8.96. The summed E-state index contributed by atoms with van der Waals surface area (Å²) >= 11 is 0. The number of benzene rings is 2. The molecular weight excluding hydrogens is 366 g/mol. The second-order valence-electron chi connectivity index (χ2n) is 6.37. The second-order valence-corrected chi connectivity index (χ2v) is 6.37. The third kappa shape index (κ3) is 4.22. The summed E-state index contributed by atoms with van der Waals surface area (Å²) in [4.78, 5) is 20.1. The van der Waals surface area contributed by atoms with E-state index in [1.54, 1.807) is 35.4 Å². The Morgan fingerprint density at radius 2 is 1.76 bits per heavy atom. The van der Waals surface area contributed by atoms with Gasteiger partial charge in [0.05, 0.1) is 16.9 Å². The van der Waals surface area contributed by atoms with Gasteiger partial charge in [0.25, 0.3) is 5.91 Å². The van der Waals surface area contributed by atoms with Crippen LogP contribution in [0.2, 0.25) is 0 Å². The highest BCUT2D eigenvalue weighted by atomic mass is 16.1. The summed E-state index contributed by atoms with van der Waals surface area (Å²) < 4.78 is 1.72. The summed E-state index contributed by atoms with van der Waals surface area (Å²) in [5, 5.41) is 10.8. The molecule has 144 valence electrons. The Hall–Kier alpha value is -4.20. The summed E-state index contributed by atoms with van der Waals surface area (Å²) in [5.41, 5.74) is 9.10. The molecule has 0 atom stereocenters. The number of anilines is 4. The van der Waals surface area contributed by atoms with Crippen LogP contribution in [0.5, 0.6) is 0 Å². The molecule has 0 spiro atoms. The Labute approximate surface area is 167 Å². The lowest BCUT2D eigenvalue weighted by Gasteiger charge is -2.12. The van der Waals surface area contributed by atoms with E-state index in [1.165, 1.54) is 0 Å². The predicted molar refractivity (Wildman–Crippen MR) is 112 cm³/mol. The molecule has 0 bridgehead atoms. The zero-order valence-electron chi connectivity index (χ0n) is 15.7. The summed E-state index contributed by atoms with van der Waals surface area (Å²) in [6, 6.07) is 18.5. The van der Waals surface area contributed by atoms with Gasteiger partial charge in [-0.05, 0) is 49.4 Å². The number of aromatic nitrogens is 4. The Morgan fingerprint density at radius 1 is 0.966 bits per heavy atom. The van der Waals surface area contributed by atoms with Gasteiger partial charge in [0.2, 0.25) is 0 Å². The molecule has 0 fully saturated rings. The van der Waals surface area contributed by atoms with Gasteiger partial charge in [-0.15, -0.1) is 0 Å². The molecule has 2 aromatic heterocycles. The molecule has 8 nitrogen and oxygen atoms in total. The van der Waals surface area contributed by atoms with E-state index < -0.39 is 5.91 Å². The van der Waals surface area contributed by atoms with E-state index in [2.05, 4.69) is 25.7 Å². The number of hydrogen-bond acceptors (Lipinski definition) is 6.